The van der Waals surface area contributed by atoms with E-state index in [2.05, 4.69) is 10.2 Å². The quantitative estimate of drug-likeness (QED) is 0.500. The Balaban J connectivity index is 5.46. The lowest BCUT2D eigenvalue weighted by Gasteiger charge is -1.85. The van der Waals surface area contributed by atoms with Crippen molar-refractivity contribution in [3.8, 4) is 0 Å². The Morgan fingerprint density at radius 3 is 2.17 bits per heavy atom. The van der Waals surface area contributed by atoms with Gasteiger partial charge in [-0.1, -0.05) is 0 Å². The van der Waals surface area contributed by atoms with E-state index in [0.29, 0.717) is 0 Å². The minimum absolute atomic E-state index is 3.40. The number of aliphatic hydroxyl groups is 2. The highest BCUT2D eigenvalue weighted by Crippen LogP contribution is 1.80. The zero-order valence-electron chi connectivity index (χ0n) is 12.8. The molecule has 6 heavy (non-hydrogen) atoms. The fourth-order valence-electron chi connectivity index (χ4n) is 0.0510. The van der Waals surface area contributed by atoms with Crippen LogP contribution in [0.3, 0.4) is 0 Å². The summed E-state index contributed by atoms with van der Waals surface area (Å²) in [5.74, 6) is 0. The Kier molecular flexibility index (Phi) is 0.528. The van der Waals surface area contributed by atoms with E-state index in [1.807, 2.05) is 0 Å². The molecular weight excluding hydrogens is 80.0 g/mol. The van der Waals surface area contributed by atoms with Gasteiger partial charge in [-0.3, -0.25) is 0 Å². The molecule has 2 nitrogen and oxygen atoms in total. The highest BCUT2D eigenvalue weighted by molar-refractivity contribution is 4.30. The van der Waals surface area contributed by atoms with Crippen molar-refractivity contribution < 1.29 is 21.2 Å². The summed E-state index contributed by atoms with van der Waals surface area (Å²) in [7, 11) is 0. The molecule has 38 valence electrons. The molecule has 0 aromatic rings. The van der Waals surface area contributed by atoms with Crippen LogP contribution in [0.4, 0.5) is 0 Å². The molecule has 0 amide bonds. The largest absolute Gasteiger partial charge is 0.396 e. The third kappa shape index (κ3) is 3.92. The molecule has 0 aliphatic heterocycles. The molecule has 0 aromatic carbocycles. The normalized spacial score (nSPS) is 42.7. The Hall–Kier alpha value is -0.0800. The minimum atomic E-state index is -3.54. The second-order valence-electron chi connectivity index (χ2n) is 0.454. The van der Waals surface area contributed by atoms with Crippen molar-refractivity contribution in [1.29, 1.82) is 2.86 Å². The summed E-state index contributed by atoms with van der Waals surface area (Å²) in [5.41, 5.74) is 0. The van der Waals surface area contributed by atoms with Gasteiger partial charge in [0.05, 0.1) is 5.48 Å². The van der Waals surface area contributed by atoms with Crippen molar-refractivity contribution in [1.82, 2.24) is 0 Å². The van der Waals surface area contributed by atoms with Gasteiger partial charge in [-0.2, -0.15) is 0 Å². The first-order chi connectivity index (χ1) is 6.87. The summed E-state index contributed by atoms with van der Waals surface area (Å²) >= 11 is 0. The van der Waals surface area contributed by atoms with Gasteiger partial charge < -0.3 is 10.2 Å². The lowest BCUT2D eigenvalue weighted by atomic mass is 10.3. The maximum atomic E-state index is 7.16. The van der Waals surface area contributed by atoms with Gasteiger partial charge in [0, 0.05) is 18.6 Å². The smallest absolute Gasteiger partial charge is 0.210 e. The molecule has 0 spiro atoms. The van der Waals surface area contributed by atoms with Crippen molar-refractivity contribution in [2.75, 3.05) is 13.1 Å². The van der Waals surface area contributed by atoms with Crippen molar-refractivity contribution in [2.24, 2.45) is 0 Å². The number of rotatable bonds is 5. The first kappa shape index (κ1) is 0.644. The van der Waals surface area contributed by atoms with Crippen molar-refractivity contribution in [2.45, 2.75) is 12.7 Å². The zero-order valence-corrected chi connectivity index (χ0v) is 2.82. The minimum Gasteiger partial charge on any atom is -0.396 e. The van der Waals surface area contributed by atoms with Crippen LogP contribution in [0.2, 0.25) is 0 Å². The van der Waals surface area contributed by atoms with Crippen LogP contribution < -0.4 is 0 Å². The SMILES string of the molecule is [2H]OC([2H])([2H])C([2H])([2H])C([2H])([2H])C([2H])([2H])O[2H]. The third-order valence-electron chi connectivity index (χ3n) is 0.165. The summed E-state index contributed by atoms with van der Waals surface area (Å²) in [4.78, 5) is 0. The van der Waals surface area contributed by atoms with E-state index >= 15 is 0 Å². The van der Waals surface area contributed by atoms with Gasteiger partial charge in [0.25, 0.3) is 0 Å². The summed E-state index contributed by atoms with van der Waals surface area (Å²) in [6, 6.07) is 0. The van der Waals surface area contributed by atoms with Crippen molar-refractivity contribution >= 4 is 0 Å². The van der Waals surface area contributed by atoms with Gasteiger partial charge in [-0.15, -0.1) is 0 Å². The summed E-state index contributed by atoms with van der Waals surface area (Å²) in [6.07, 6.45) is -7.07. The fraction of sp³-hybridized carbons (Fsp3) is 1.00. The molecule has 2 heteroatoms. The highest BCUT2D eigenvalue weighted by Gasteiger charge is 1.77. The second kappa shape index (κ2) is 4.92. The predicted molar refractivity (Wildman–Crippen MR) is 23.4 cm³/mol. The lowest BCUT2D eigenvalue weighted by molar-refractivity contribution is 0.242. The van der Waals surface area contributed by atoms with Gasteiger partial charge in [0.1, 0.15) is 0 Å². The van der Waals surface area contributed by atoms with Gasteiger partial charge in [-0.05, 0) is 12.7 Å². The van der Waals surface area contributed by atoms with Crippen LogP contribution in [0.1, 0.15) is 23.7 Å². The Morgan fingerprint density at radius 1 is 1.33 bits per heavy atom. The fourth-order valence-corrected chi connectivity index (χ4v) is 0.0510. The van der Waals surface area contributed by atoms with Crippen LogP contribution in [0, 0.1) is 0 Å². The molecule has 0 bridgehead atoms. The average Bonchev–Trinajstić information content (AvgIpc) is 2.16. The molecule has 0 aromatic heterocycles. The van der Waals surface area contributed by atoms with Crippen LogP contribution in [0.25, 0.3) is 0 Å². The van der Waals surface area contributed by atoms with Crippen LogP contribution in [-0.2, 0) is 0 Å². The molecule has 0 saturated carbocycles. The van der Waals surface area contributed by atoms with E-state index in [9.17, 15) is 0 Å². The molecule has 2 N–H and O–H groups in total. The summed E-state index contributed by atoms with van der Waals surface area (Å²) in [6.45, 7) is -6.80. The molecule has 0 aliphatic carbocycles. The lowest BCUT2D eigenvalue weighted by Crippen LogP contribution is -1.85. The molecule has 0 rings (SSSR count). The van der Waals surface area contributed by atoms with Crippen LogP contribution >= 0.6 is 0 Å². The molecule has 0 aliphatic rings. The number of hydrogen-bond acceptors (Lipinski definition) is 2. The van der Waals surface area contributed by atoms with Crippen LogP contribution in [-0.4, -0.2) is 26.2 Å². The topological polar surface area (TPSA) is 40.5 Å². The number of hydrogen-bond donors (Lipinski definition) is 2. The molecule has 0 unspecified atom stereocenters. The van der Waals surface area contributed by atoms with Gasteiger partial charge in [0.15, 0.2) is 0 Å². The monoisotopic (exact) mass is 100 g/mol. The van der Waals surface area contributed by atoms with E-state index in [1.165, 1.54) is 0 Å². The summed E-state index contributed by atoms with van der Waals surface area (Å²) in [5, 5.41) is 6.83. The van der Waals surface area contributed by atoms with E-state index < -0.39 is 25.9 Å². The molecule has 0 atom stereocenters. The molecule has 0 radical (unpaired) electrons. The van der Waals surface area contributed by atoms with Gasteiger partial charge in [-0.25, -0.2) is 0 Å². The van der Waals surface area contributed by atoms with Crippen LogP contribution in [0.15, 0.2) is 0 Å². The van der Waals surface area contributed by atoms with Gasteiger partial charge >= 0.3 is 0 Å². The Labute approximate surface area is 51.6 Å². The predicted octanol–water partition coefficient (Wildman–Crippen LogP) is -0.249. The second-order valence-corrected chi connectivity index (χ2v) is 0.454. The molecule has 0 heterocycles. The molecule has 0 saturated heterocycles. The third-order valence-corrected chi connectivity index (χ3v) is 0.165. The maximum absolute atomic E-state index is 7.16. The Bertz CT molecular complexity index is 223. The van der Waals surface area contributed by atoms with E-state index in [-0.39, 0.29) is 0 Å². The van der Waals surface area contributed by atoms with E-state index in [1.54, 1.807) is 0 Å². The van der Waals surface area contributed by atoms with Crippen molar-refractivity contribution in [3.05, 3.63) is 0 Å². The standard InChI is InChI=1S/C4H10O2/c5-3-1-2-4-6/h5-6H,1-4H2/i1D2,2D2,3D2,4D2,5D,6D. The van der Waals surface area contributed by atoms with Crippen molar-refractivity contribution in [3.63, 3.8) is 0 Å². The highest BCUT2D eigenvalue weighted by atomic mass is 16.3. The summed E-state index contributed by atoms with van der Waals surface area (Å²) < 4.78 is 69.0. The first-order valence-electron chi connectivity index (χ1n) is 5.97. The molecular formula is C4H10O2. The Morgan fingerprint density at radius 2 is 1.83 bits per heavy atom. The van der Waals surface area contributed by atoms with Gasteiger partial charge in [0.2, 0.25) is 2.86 Å². The molecule has 0 fully saturated rings. The van der Waals surface area contributed by atoms with E-state index in [4.69, 9.17) is 13.8 Å². The van der Waals surface area contributed by atoms with Crippen LogP contribution in [0.5, 0.6) is 0 Å². The maximum Gasteiger partial charge on any atom is 0.210 e. The zero-order chi connectivity index (χ0) is 13.4. The average molecular weight is 100 g/mol. The first-order valence-corrected chi connectivity index (χ1v) is 1.16. The van der Waals surface area contributed by atoms with E-state index in [0.717, 1.165) is 0 Å².